The summed E-state index contributed by atoms with van der Waals surface area (Å²) in [6.07, 6.45) is 0. The Kier molecular flexibility index (Phi) is 8.00. The van der Waals surface area contributed by atoms with Crippen molar-refractivity contribution in [1.82, 2.24) is 9.21 Å². The quantitative estimate of drug-likeness (QED) is 0.361. The lowest BCUT2D eigenvalue weighted by Crippen LogP contribution is -2.50. The monoisotopic (exact) mass is 583 g/mol. The molecule has 12 heteroatoms. The van der Waals surface area contributed by atoms with Gasteiger partial charge in [0.2, 0.25) is 10.0 Å². The number of carbonyl (C=O) groups excluding carboxylic acids is 1. The van der Waals surface area contributed by atoms with Gasteiger partial charge in [-0.1, -0.05) is 46.4 Å². The highest BCUT2D eigenvalue weighted by Crippen LogP contribution is 2.34. The number of hydrogen-bond acceptors (Lipinski definition) is 5. The van der Waals surface area contributed by atoms with Crippen LogP contribution in [0.1, 0.15) is 15.9 Å². The number of halogens is 4. The molecular weight excluding hydrogens is 568 g/mol. The summed E-state index contributed by atoms with van der Waals surface area (Å²) in [7, 11) is -4.08. The van der Waals surface area contributed by atoms with Crippen LogP contribution < -0.4 is 4.74 Å². The second-order valence-electron chi connectivity index (χ2n) is 7.81. The predicted octanol–water partition coefficient (Wildman–Crippen LogP) is 6.11. The number of amides is 1. The van der Waals surface area contributed by atoms with Gasteiger partial charge in [0, 0.05) is 41.8 Å². The van der Waals surface area contributed by atoms with E-state index in [4.69, 9.17) is 51.1 Å². The lowest BCUT2D eigenvalue weighted by Gasteiger charge is -2.34. The third-order valence-electron chi connectivity index (χ3n) is 5.45. The van der Waals surface area contributed by atoms with Gasteiger partial charge in [0.1, 0.15) is 16.4 Å². The molecule has 0 bridgehead atoms. The highest BCUT2D eigenvalue weighted by atomic mass is 35.5. The summed E-state index contributed by atoms with van der Waals surface area (Å²) in [5, 5.41) is 10.6. The Labute approximate surface area is 228 Å². The van der Waals surface area contributed by atoms with Gasteiger partial charge in [-0.15, -0.1) is 0 Å². The summed E-state index contributed by atoms with van der Waals surface area (Å²) in [5.41, 5.74) is 0.511. The van der Waals surface area contributed by atoms with E-state index in [0.29, 0.717) is 20.6 Å². The molecule has 1 fully saturated rings. The molecule has 0 unspecified atom stereocenters. The number of carbonyl (C=O) groups is 1. The molecule has 7 nitrogen and oxygen atoms in total. The van der Waals surface area contributed by atoms with Gasteiger partial charge in [-0.05, 0) is 54.6 Å². The highest BCUT2D eigenvalue weighted by molar-refractivity contribution is 7.89. The normalized spacial score (nSPS) is 14.4. The van der Waals surface area contributed by atoms with Crippen LogP contribution in [0.5, 0.6) is 11.5 Å². The molecule has 3 aromatic rings. The zero-order valence-corrected chi connectivity index (χ0v) is 22.3. The van der Waals surface area contributed by atoms with E-state index in [1.807, 2.05) is 6.07 Å². The molecule has 0 saturated carbocycles. The highest BCUT2D eigenvalue weighted by Gasteiger charge is 2.33. The van der Waals surface area contributed by atoms with Crippen molar-refractivity contribution < 1.29 is 17.9 Å². The van der Waals surface area contributed by atoms with E-state index in [2.05, 4.69) is 0 Å². The maximum Gasteiger partial charge on any atom is 0.253 e. The van der Waals surface area contributed by atoms with E-state index in [1.165, 1.54) is 52.8 Å². The van der Waals surface area contributed by atoms with E-state index in [0.717, 1.165) is 0 Å². The van der Waals surface area contributed by atoms with Gasteiger partial charge in [-0.25, -0.2) is 8.42 Å². The van der Waals surface area contributed by atoms with Crippen molar-refractivity contribution in [1.29, 1.82) is 5.26 Å². The first-order valence-corrected chi connectivity index (χ1v) is 13.5. The third kappa shape index (κ3) is 5.73. The number of nitrogens with zero attached hydrogens (tertiary/aromatic N) is 3. The van der Waals surface area contributed by atoms with Crippen molar-refractivity contribution >= 4 is 62.3 Å². The van der Waals surface area contributed by atoms with Gasteiger partial charge >= 0.3 is 0 Å². The van der Waals surface area contributed by atoms with Crippen LogP contribution >= 0.6 is 46.4 Å². The Hall–Kier alpha value is -2.51. The Morgan fingerprint density at radius 2 is 1.53 bits per heavy atom. The number of hydrogen-bond donors (Lipinski definition) is 0. The van der Waals surface area contributed by atoms with Crippen molar-refractivity contribution in [2.75, 3.05) is 26.2 Å². The zero-order chi connectivity index (χ0) is 26.0. The number of benzene rings is 3. The van der Waals surface area contributed by atoms with Gasteiger partial charge in [-0.2, -0.15) is 9.57 Å². The van der Waals surface area contributed by atoms with Crippen molar-refractivity contribution in [3.8, 4) is 17.6 Å². The molecule has 3 aromatic carbocycles. The van der Waals surface area contributed by atoms with Gasteiger partial charge in [-0.3, -0.25) is 4.79 Å². The lowest BCUT2D eigenvalue weighted by molar-refractivity contribution is 0.0698. The second-order valence-corrected chi connectivity index (χ2v) is 11.4. The fourth-order valence-corrected chi connectivity index (χ4v) is 6.03. The molecule has 1 saturated heterocycles. The number of nitriles is 1. The molecular formula is C24H17Cl4N3O4S. The number of piperazine rings is 1. The van der Waals surface area contributed by atoms with Crippen LogP contribution in [0.3, 0.4) is 0 Å². The van der Waals surface area contributed by atoms with E-state index >= 15 is 0 Å². The van der Waals surface area contributed by atoms with Gasteiger partial charge in [0.25, 0.3) is 5.91 Å². The van der Waals surface area contributed by atoms with Crippen LogP contribution in [0.25, 0.3) is 0 Å². The molecule has 1 aliphatic heterocycles. The minimum Gasteiger partial charge on any atom is -0.456 e. The molecule has 1 aliphatic rings. The van der Waals surface area contributed by atoms with Crippen LogP contribution in [-0.2, 0) is 10.0 Å². The summed E-state index contributed by atoms with van der Waals surface area (Å²) in [5.74, 6) is -0.0219. The maximum absolute atomic E-state index is 13.6. The minimum atomic E-state index is -4.08. The Bertz CT molecular complexity index is 1460. The van der Waals surface area contributed by atoms with E-state index in [9.17, 15) is 18.5 Å². The molecule has 1 amide bonds. The summed E-state index contributed by atoms with van der Waals surface area (Å²) < 4.78 is 34.2. The standard InChI is InChI=1S/C24H17Cl4N3O4S/c25-17-11-18(26)13-19(12-17)35-22-4-1-15(14-29)9-23(22)36(33,34)31-7-5-30(6-8-31)24(32)16-2-3-20(27)21(28)10-16/h1-4,9-13H,5-8H2. The molecule has 1 heterocycles. The van der Waals surface area contributed by atoms with Gasteiger partial charge in [0.05, 0.1) is 21.7 Å². The molecule has 4 rings (SSSR count). The lowest BCUT2D eigenvalue weighted by atomic mass is 10.2. The number of rotatable bonds is 5. The molecule has 0 atom stereocenters. The van der Waals surface area contributed by atoms with Crippen LogP contribution in [0.15, 0.2) is 59.5 Å². The molecule has 0 N–H and O–H groups in total. The third-order valence-corrected chi connectivity index (χ3v) is 8.54. The first kappa shape index (κ1) is 26.6. The topological polar surface area (TPSA) is 90.7 Å². The predicted molar refractivity (Wildman–Crippen MR) is 139 cm³/mol. The molecule has 0 aromatic heterocycles. The van der Waals surface area contributed by atoms with Crippen molar-refractivity contribution in [2.24, 2.45) is 0 Å². The van der Waals surface area contributed by atoms with Gasteiger partial charge < -0.3 is 9.64 Å². The molecule has 36 heavy (non-hydrogen) atoms. The maximum atomic E-state index is 13.6. The Morgan fingerprint density at radius 3 is 2.14 bits per heavy atom. The van der Waals surface area contributed by atoms with E-state index < -0.39 is 10.0 Å². The number of ether oxygens (including phenoxy) is 1. The van der Waals surface area contributed by atoms with Crippen molar-refractivity contribution in [3.05, 3.63) is 85.8 Å². The first-order valence-electron chi connectivity index (χ1n) is 10.5. The molecule has 0 spiro atoms. The smallest absolute Gasteiger partial charge is 0.253 e. The average Bonchev–Trinajstić information content (AvgIpc) is 2.85. The van der Waals surface area contributed by atoms with Crippen molar-refractivity contribution in [3.63, 3.8) is 0 Å². The minimum absolute atomic E-state index is 0.0154. The average molecular weight is 585 g/mol. The van der Waals surface area contributed by atoms with Gasteiger partial charge in [0.15, 0.2) is 0 Å². The number of sulfonamides is 1. The Balaban J connectivity index is 1.57. The largest absolute Gasteiger partial charge is 0.456 e. The second kappa shape index (κ2) is 10.9. The fraction of sp³-hybridized carbons (Fsp3) is 0.167. The fourth-order valence-electron chi connectivity index (χ4n) is 3.66. The zero-order valence-electron chi connectivity index (χ0n) is 18.4. The van der Waals surface area contributed by atoms with Crippen LogP contribution in [0.4, 0.5) is 0 Å². The summed E-state index contributed by atoms with van der Waals surface area (Å²) in [4.78, 5) is 14.2. The van der Waals surface area contributed by atoms with Crippen LogP contribution in [0, 0.1) is 11.3 Å². The first-order chi connectivity index (χ1) is 17.1. The summed E-state index contributed by atoms with van der Waals surface area (Å²) >= 11 is 24.0. The van der Waals surface area contributed by atoms with E-state index in [-0.39, 0.29) is 59.1 Å². The Morgan fingerprint density at radius 1 is 0.861 bits per heavy atom. The SMILES string of the molecule is N#Cc1ccc(Oc2cc(Cl)cc(Cl)c2)c(S(=O)(=O)N2CCN(C(=O)c3ccc(Cl)c(Cl)c3)CC2)c1. The molecule has 0 aliphatic carbocycles. The van der Waals surface area contributed by atoms with E-state index in [1.54, 1.807) is 11.0 Å². The molecule has 0 radical (unpaired) electrons. The summed E-state index contributed by atoms with van der Waals surface area (Å²) in [6, 6.07) is 15.2. The van der Waals surface area contributed by atoms with Crippen molar-refractivity contribution in [2.45, 2.75) is 4.90 Å². The molecule has 186 valence electrons. The van der Waals surface area contributed by atoms with Crippen LogP contribution in [-0.4, -0.2) is 49.7 Å². The van der Waals surface area contributed by atoms with Crippen LogP contribution in [0.2, 0.25) is 20.1 Å². The summed E-state index contributed by atoms with van der Waals surface area (Å²) in [6.45, 7) is 0.426.